The molecule has 3 rings (SSSR count). The van der Waals surface area contributed by atoms with E-state index in [0.717, 1.165) is 18.1 Å². The van der Waals surface area contributed by atoms with Gasteiger partial charge in [0.05, 0.1) is 17.0 Å². The fourth-order valence-electron chi connectivity index (χ4n) is 2.99. The van der Waals surface area contributed by atoms with Gasteiger partial charge in [0.1, 0.15) is 0 Å². The zero-order valence-corrected chi connectivity index (χ0v) is 15.4. The Labute approximate surface area is 156 Å². The molecule has 0 saturated carbocycles. The molecule has 27 heavy (non-hydrogen) atoms. The van der Waals surface area contributed by atoms with Crippen molar-refractivity contribution in [3.63, 3.8) is 0 Å². The van der Waals surface area contributed by atoms with E-state index in [2.05, 4.69) is 36.2 Å². The lowest BCUT2D eigenvalue weighted by Crippen LogP contribution is -2.06. The first kappa shape index (κ1) is 19.1. The average Bonchev–Trinajstić information content (AvgIpc) is 3.10. The highest BCUT2D eigenvalue weighted by Crippen LogP contribution is 2.37. The van der Waals surface area contributed by atoms with Crippen LogP contribution in [0, 0.1) is 5.92 Å². The van der Waals surface area contributed by atoms with Gasteiger partial charge in [0.15, 0.2) is 0 Å². The molecular weight excluding hydrogens is 353 g/mol. The van der Waals surface area contributed by atoms with Crippen LogP contribution in [0.2, 0.25) is 0 Å². The minimum absolute atomic E-state index is 0.108. The number of alkyl halides is 3. The SMILES string of the molecule is CC(C)Cc1ccc([C@H](C)c2nnc(-c3ccccc3C(F)(F)F)o2)cc1. The topological polar surface area (TPSA) is 38.9 Å². The van der Waals surface area contributed by atoms with Crippen LogP contribution in [0.4, 0.5) is 13.2 Å². The van der Waals surface area contributed by atoms with Gasteiger partial charge in [0.2, 0.25) is 11.8 Å². The van der Waals surface area contributed by atoms with Crippen molar-refractivity contribution < 1.29 is 17.6 Å². The first-order valence-corrected chi connectivity index (χ1v) is 8.84. The van der Waals surface area contributed by atoms with E-state index >= 15 is 0 Å². The molecule has 6 heteroatoms. The number of rotatable bonds is 5. The van der Waals surface area contributed by atoms with Crippen LogP contribution in [0.3, 0.4) is 0 Å². The van der Waals surface area contributed by atoms with Crippen LogP contribution in [0.25, 0.3) is 11.5 Å². The van der Waals surface area contributed by atoms with E-state index < -0.39 is 11.7 Å². The third-order valence-electron chi connectivity index (χ3n) is 4.40. The molecule has 0 aliphatic heterocycles. The Hall–Kier alpha value is -2.63. The van der Waals surface area contributed by atoms with Gasteiger partial charge in [-0.2, -0.15) is 13.2 Å². The summed E-state index contributed by atoms with van der Waals surface area (Å²) in [4.78, 5) is 0. The molecule has 1 atom stereocenters. The van der Waals surface area contributed by atoms with E-state index in [1.807, 2.05) is 19.1 Å². The first-order chi connectivity index (χ1) is 12.8. The molecule has 0 amide bonds. The fraction of sp³-hybridized carbons (Fsp3) is 0.333. The van der Waals surface area contributed by atoms with Crippen LogP contribution in [0.15, 0.2) is 52.9 Å². The van der Waals surface area contributed by atoms with Crippen LogP contribution < -0.4 is 0 Å². The summed E-state index contributed by atoms with van der Waals surface area (Å²) < 4.78 is 45.2. The number of aromatic nitrogens is 2. The smallest absolute Gasteiger partial charge is 0.417 e. The molecule has 1 aromatic heterocycles. The summed E-state index contributed by atoms with van der Waals surface area (Å²) in [5.41, 5.74) is 1.32. The molecule has 0 N–H and O–H groups in total. The average molecular weight is 374 g/mol. The van der Waals surface area contributed by atoms with Gasteiger partial charge in [-0.3, -0.25) is 0 Å². The molecule has 3 nitrogen and oxygen atoms in total. The second kappa shape index (κ2) is 7.55. The van der Waals surface area contributed by atoms with E-state index in [1.54, 1.807) is 0 Å². The molecule has 0 saturated heterocycles. The maximum Gasteiger partial charge on any atom is 0.417 e. The van der Waals surface area contributed by atoms with Crippen LogP contribution in [0.1, 0.15) is 49.3 Å². The van der Waals surface area contributed by atoms with Crippen LogP contribution in [-0.4, -0.2) is 10.2 Å². The minimum Gasteiger partial charge on any atom is -0.420 e. The quantitative estimate of drug-likeness (QED) is 0.541. The van der Waals surface area contributed by atoms with E-state index in [9.17, 15) is 13.2 Å². The van der Waals surface area contributed by atoms with Gasteiger partial charge in [0, 0.05) is 0 Å². The summed E-state index contributed by atoms with van der Waals surface area (Å²) in [5.74, 6) is 0.526. The normalized spacial score (nSPS) is 13.1. The molecule has 0 fully saturated rings. The Morgan fingerprint density at radius 3 is 2.22 bits per heavy atom. The van der Waals surface area contributed by atoms with Crippen molar-refractivity contribution in [1.29, 1.82) is 0 Å². The molecule has 142 valence electrons. The third-order valence-corrected chi connectivity index (χ3v) is 4.40. The van der Waals surface area contributed by atoms with Crippen molar-refractivity contribution in [3.8, 4) is 11.5 Å². The lowest BCUT2D eigenvalue weighted by Gasteiger charge is -2.10. The van der Waals surface area contributed by atoms with Crippen LogP contribution in [0.5, 0.6) is 0 Å². The Bertz CT molecular complexity index is 898. The molecule has 0 aliphatic carbocycles. The van der Waals surface area contributed by atoms with Gasteiger partial charge in [-0.1, -0.05) is 50.2 Å². The maximum absolute atomic E-state index is 13.2. The molecule has 0 spiro atoms. The largest absolute Gasteiger partial charge is 0.420 e. The highest BCUT2D eigenvalue weighted by molar-refractivity contribution is 5.59. The van der Waals surface area contributed by atoms with Crippen LogP contribution >= 0.6 is 0 Å². The molecule has 0 aliphatic rings. The molecule has 2 aromatic carbocycles. The summed E-state index contributed by atoms with van der Waals surface area (Å²) in [6.45, 7) is 6.22. The molecule has 0 radical (unpaired) electrons. The van der Waals surface area contributed by atoms with Gasteiger partial charge in [-0.15, -0.1) is 10.2 Å². The summed E-state index contributed by atoms with van der Waals surface area (Å²) in [5, 5.41) is 7.83. The summed E-state index contributed by atoms with van der Waals surface area (Å²) >= 11 is 0. The number of hydrogen-bond donors (Lipinski definition) is 0. The number of nitrogens with zero attached hydrogens (tertiary/aromatic N) is 2. The Kier molecular flexibility index (Phi) is 5.35. The Morgan fingerprint density at radius 2 is 1.59 bits per heavy atom. The zero-order valence-electron chi connectivity index (χ0n) is 15.4. The highest BCUT2D eigenvalue weighted by Gasteiger charge is 2.35. The van der Waals surface area contributed by atoms with Crippen molar-refractivity contribution >= 4 is 0 Å². The van der Waals surface area contributed by atoms with E-state index in [4.69, 9.17) is 4.42 Å². The summed E-state index contributed by atoms with van der Waals surface area (Å²) in [7, 11) is 0. The van der Waals surface area contributed by atoms with Gasteiger partial charge >= 0.3 is 6.18 Å². The number of hydrogen-bond acceptors (Lipinski definition) is 3. The van der Waals surface area contributed by atoms with Crippen molar-refractivity contribution in [2.75, 3.05) is 0 Å². The predicted octanol–water partition coefficient (Wildman–Crippen LogP) is 6.11. The Balaban J connectivity index is 1.86. The number of halogens is 3. The first-order valence-electron chi connectivity index (χ1n) is 8.84. The maximum atomic E-state index is 13.2. The molecule has 3 aromatic rings. The third kappa shape index (κ3) is 4.38. The van der Waals surface area contributed by atoms with E-state index in [0.29, 0.717) is 11.8 Å². The van der Waals surface area contributed by atoms with E-state index in [1.165, 1.54) is 23.8 Å². The van der Waals surface area contributed by atoms with Crippen LogP contribution in [-0.2, 0) is 12.6 Å². The van der Waals surface area contributed by atoms with Crippen molar-refractivity contribution in [3.05, 3.63) is 71.1 Å². The van der Waals surface area contributed by atoms with Crippen molar-refractivity contribution in [2.45, 2.75) is 39.3 Å². The summed E-state index contributed by atoms with van der Waals surface area (Å²) in [6.07, 6.45) is -3.49. The van der Waals surface area contributed by atoms with Gasteiger partial charge < -0.3 is 4.42 Å². The highest BCUT2D eigenvalue weighted by atomic mass is 19.4. The second-order valence-electron chi connectivity index (χ2n) is 7.05. The standard InChI is InChI=1S/C21H21F3N2O/c1-13(2)12-15-8-10-16(11-9-15)14(3)19-25-26-20(27-19)17-6-4-5-7-18(17)21(22,23)24/h4-11,13-14H,12H2,1-3H3/t14-/m0/s1. The lowest BCUT2D eigenvalue weighted by molar-refractivity contribution is -0.137. The number of benzene rings is 2. The fourth-order valence-corrected chi connectivity index (χ4v) is 2.99. The Morgan fingerprint density at radius 1 is 0.926 bits per heavy atom. The molecule has 0 unspecified atom stereocenters. The molecular formula is C21H21F3N2O. The van der Waals surface area contributed by atoms with Gasteiger partial charge in [0.25, 0.3) is 0 Å². The van der Waals surface area contributed by atoms with Crippen molar-refractivity contribution in [1.82, 2.24) is 10.2 Å². The monoisotopic (exact) mass is 374 g/mol. The van der Waals surface area contributed by atoms with E-state index in [-0.39, 0.29) is 17.4 Å². The minimum atomic E-state index is -4.48. The lowest BCUT2D eigenvalue weighted by atomic mass is 9.97. The van der Waals surface area contributed by atoms with Gasteiger partial charge in [-0.05, 0) is 42.5 Å². The van der Waals surface area contributed by atoms with Crippen molar-refractivity contribution in [2.24, 2.45) is 5.92 Å². The predicted molar refractivity (Wildman–Crippen MR) is 97.2 cm³/mol. The zero-order chi connectivity index (χ0) is 19.6. The second-order valence-corrected chi connectivity index (χ2v) is 7.05. The molecule has 0 bridgehead atoms. The van der Waals surface area contributed by atoms with Gasteiger partial charge in [-0.25, -0.2) is 0 Å². The summed E-state index contributed by atoms with van der Waals surface area (Å²) in [6, 6.07) is 13.3. The molecule has 1 heterocycles.